The van der Waals surface area contributed by atoms with Crippen LogP contribution in [-0.2, 0) is 12.8 Å². The zero-order chi connectivity index (χ0) is 11.7. The minimum atomic E-state index is 0.0190. The largest absolute Gasteiger partial charge is 0.348 e. The van der Waals surface area contributed by atoms with Gasteiger partial charge in [-0.2, -0.15) is 5.10 Å². The molecule has 1 heterocycles. The zero-order valence-electron chi connectivity index (χ0n) is 10.1. The van der Waals surface area contributed by atoms with Gasteiger partial charge in [0.05, 0.1) is 0 Å². The lowest BCUT2D eigenvalue weighted by molar-refractivity contribution is 0.0945. The molecule has 3 rings (SSSR count). The molecule has 0 bridgehead atoms. The number of H-pyrrole nitrogens is 1. The average molecular weight is 233 g/mol. The van der Waals surface area contributed by atoms with Gasteiger partial charge in [-0.3, -0.25) is 9.89 Å². The summed E-state index contributed by atoms with van der Waals surface area (Å²) in [6.07, 6.45) is 9.24. The van der Waals surface area contributed by atoms with Crippen molar-refractivity contribution in [3.8, 4) is 0 Å². The monoisotopic (exact) mass is 233 g/mol. The number of nitrogens with one attached hydrogen (secondary N) is 2. The van der Waals surface area contributed by atoms with E-state index in [1.165, 1.54) is 36.9 Å². The lowest BCUT2D eigenvalue weighted by atomic mass is 9.97. The second-order valence-corrected chi connectivity index (χ2v) is 5.19. The van der Waals surface area contributed by atoms with Crippen molar-refractivity contribution in [3.05, 3.63) is 17.0 Å². The summed E-state index contributed by atoms with van der Waals surface area (Å²) >= 11 is 0. The van der Waals surface area contributed by atoms with E-state index < -0.39 is 0 Å². The van der Waals surface area contributed by atoms with Gasteiger partial charge >= 0.3 is 0 Å². The van der Waals surface area contributed by atoms with Crippen molar-refractivity contribution in [1.29, 1.82) is 0 Å². The average Bonchev–Trinajstić information content (AvgIpc) is 3.00. The van der Waals surface area contributed by atoms with Crippen LogP contribution in [0.1, 0.15) is 60.3 Å². The van der Waals surface area contributed by atoms with Crippen LogP contribution in [0.5, 0.6) is 0 Å². The first kappa shape index (κ1) is 10.8. The molecule has 0 atom stereocenters. The van der Waals surface area contributed by atoms with Gasteiger partial charge in [0.25, 0.3) is 5.91 Å². The van der Waals surface area contributed by atoms with E-state index in [-0.39, 0.29) is 5.91 Å². The van der Waals surface area contributed by atoms with Crippen molar-refractivity contribution in [2.45, 2.75) is 57.4 Å². The first-order chi connectivity index (χ1) is 8.34. The van der Waals surface area contributed by atoms with Crippen molar-refractivity contribution >= 4 is 5.91 Å². The number of aromatic nitrogens is 2. The molecule has 0 aliphatic heterocycles. The highest BCUT2D eigenvalue weighted by Crippen LogP contribution is 2.23. The quantitative estimate of drug-likeness (QED) is 0.820. The zero-order valence-corrected chi connectivity index (χ0v) is 10.1. The highest BCUT2D eigenvalue weighted by atomic mass is 16.2. The highest BCUT2D eigenvalue weighted by Gasteiger charge is 2.27. The molecule has 1 aromatic heterocycles. The van der Waals surface area contributed by atoms with E-state index >= 15 is 0 Å². The van der Waals surface area contributed by atoms with Crippen LogP contribution in [0.3, 0.4) is 0 Å². The topological polar surface area (TPSA) is 57.8 Å². The molecule has 0 radical (unpaired) electrons. The van der Waals surface area contributed by atoms with Crippen LogP contribution < -0.4 is 5.32 Å². The van der Waals surface area contributed by atoms with Crippen LogP contribution in [0.25, 0.3) is 0 Å². The highest BCUT2D eigenvalue weighted by molar-refractivity contribution is 5.94. The van der Waals surface area contributed by atoms with E-state index in [2.05, 4.69) is 15.5 Å². The molecule has 0 spiro atoms. The Bertz CT molecular complexity index is 420. The van der Waals surface area contributed by atoms with Crippen LogP contribution in [0.4, 0.5) is 0 Å². The maximum Gasteiger partial charge on any atom is 0.272 e. The number of carbonyl (C=O) groups is 1. The Morgan fingerprint density at radius 2 is 1.94 bits per heavy atom. The minimum Gasteiger partial charge on any atom is -0.348 e. The van der Waals surface area contributed by atoms with Crippen molar-refractivity contribution in [2.24, 2.45) is 0 Å². The number of rotatable bonds is 2. The second kappa shape index (κ2) is 4.51. The van der Waals surface area contributed by atoms with E-state index in [1.54, 1.807) is 0 Å². The van der Waals surface area contributed by atoms with Crippen LogP contribution >= 0.6 is 0 Å². The van der Waals surface area contributed by atoms with Crippen molar-refractivity contribution in [1.82, 2.24) is 15.5 Å². The normalized spacial score (nSPS) is 20.2. The molecule has 1 saturated carbocycles. The lowest BCUT2D eigenvalue weighted by Gasteiger charge is -2.09. The fraction of sp³-hybridized carbons (Fsp3) is 0.692. The molecule has 2 aliphatic carbocycles. The number of fused-ring (bicyclic) bond motifs is 1. The van der Waals surface area contributed by atoms with E-state index in [0.717, 1.165) is 25.7 Å². The van der Waals surface area contributed by atoms with E-state index in [4.69, 9.17) is 0 Å². The fourth-order valence-electron chi connectivity index (χ4n) is 2.50. The van der Waals surface area contributed by atoms with Gasteiger partial charge in [0.15, 0.2) is 5.69 Å². The summed E-state index contributed by atoms with van der Waals surface area (Å²) in [5.41, 5.74) is 3.00. The number of hydrogen-bond donors (Lipinski definition) is 2. The van der Waals surface area contributed by atoms with E-state index in [1.807, 2.05) is 0 Å². The summed E-state index contributed by atoms with van der Waals surface area (Å²) in [6.45, 7) is 0. The van der Waals surface area contributed by atoms with Crippen LogP contribution in [0.2, 0.25) is 0 Å². The summed E-state index contributed by atoms with van der Waals surface area (Å²) in [4.78, 5) is 12.0. The van der Waals surface area contributed by atoms with Gasteiger partial charge in [-0.1, -0.05) is 12.8 Å². The summed E-state index contributed by atoms with van der Waals surface area (Å²) in [6, 6.07) is 0.406. The maximum atomic E-state index is 12.0. The predicted octanol–water partition coefficient (Wildman–Crippen LogP) is 1.96. The van der Waals surface area contributed by atoms with Crippen LogP contribution in [0.15, 0.2) is 0 Å². The Balaban J connectivity index is 1.80. The summed E-state index contributed by atoms with van der Waals surface area (Å²) in [7, 11) is 0. The Morgan fingerprint density at radius 3 is 2.71 bits per heavy atom. The Kier molecular flexibility index (Phi) is 2.87. The molecule has 92 valence electrons. The van der Waals surface area contributed by atoms with Gasteiger partial charge in [-0.15, -0.1) is 0 Å². The summed E-state index contributed by atoms with van der Waals surface area (Å²) in [5, 5.41) is 10.3. The molecule has 2 aliphatic rings. The third-order valence-corrected chi connectivity index (χ3v) is 3.68. The molecule has 0 aromatic carbocycles. The second-order valence-electron chi connectivity index (χ2n) is 5.19. The third kappa shape index (κ3) is 2.35. The maximum absolute atomic E-state index is 12.0. The molecular formula is C13H19N3O. The number of aryl methyl sites for hydroxylation is 1. The Hall–Kier alpha value is -1.32. The van der Waals surface area contributed by atoms with Crippen LogP contribution in [0, 0.1) is 0 Å². The van der Waals surface area contributed by atoms with Crippen molar-refractivity contribution < 1.29 is 4.79 Å². The molecule has 0 saturated heterocycles. The minimum absolute atomic E-state index is 0.0190. The number of nitrogens with zero attached hydrogens (tertiary/aromatic N) is 1. The fourth-order valence-corrected chi connectivity index (χ4v) is 2.50. The van der Waals surface area contributed by atoms with Gasteiger partial charge in [0.2, 0.25) is 0 Å². The Morgan fingerprint density at radius 1 is 1.18 bits per heavy atom. The first-order valence-corrected chi connectivity index (χ1v) is 6.71. The molecule has 4 heteroatoms. The summed E-state index contributed by atoms with van der Waals surface area (Å²) in [5.74, 6) is 0.0190. The number of aromatic amines is 1. The van der Waals surface area contributed by atoms with Gasteiger partial charge < -0.3 is 5.32 Å². The molecule has 1 aromatic rings. The molecule has 1 fully saturated rings. The predicted molar refractivity (Wildman–Crippen MR) is 65.0 cm³/mol. The molecule has 17 heavy (non-hydrogen) atoms. The third-order valence-electron chi connectivity index (χ3n) is 3.68. The van der Waals surface area contributed by atoms with Gasteiger partial charge in [0.1, 0.15) is 0 Å². The van der Waals surface area contributed by atoms with Crippen molar-refractivity contribution in [3.63, 3.8) is 0 Å². The van der Waals surface area contributed by atoms with E-state index in [9.17, 15) is 4.79 Å². The SMILES string of the molecule is O=C(NC1CC1)c1n[nH]c2c1CCCCCC2. The first-order valence-electron chi connectivity index (χ1n) is 6.71. The van der Waals surface area contributed by atoms with Crippen LogP contribution in [-0.4, -0.2) is 22.1 Å². The molecule has 0 unspecified atom stereocenters. The number of hydrogen-bond acceptors (Lipinski definition) is 2. The standard InChI is InChI=1S/C13H19N3O/c17-13(14-9-7-8-9)12-10-5-3-1-2-4-6-11(10)15-16-12/h9H,1-8H2,(H,14,17)(H,15,16). The lowest BCUT2D eigenvalue weighted by Crippen LogP contribution is -2.26. The van der Waals surface area contributed by atoms with Gasteiger partial charge in [-0.05, 0) is 38.5 Å². The number of carbonyl (C=O) groups excluding carboxylic acids is 1. The molecule has 4 nitrogen and oxygen atoms in total. The van der Waals surface area contributed by atoms with Gasteiger partial charge in [0, 0.05) is 17.3 Å². The van der Waals surface area contributed by atoms with Gasteiger partial charge in [-0.25, -0.2) is 0 Å². The molecule has 2 N–H and O–H groups in total. The number of amides is 1. The Labute approximate surface area is 101 Å². The molecule has 1 amide bonds. The van der Waals surface area contributed by atoms with E-state index in [0.29, 0.717) is 11.7 Å². The summed E-state index contributed by atoms with van der Waals surface area (Å²) < 4.78 is 0. The molecular weight excluding hydrogens is 214 g/mol. The smallest absolute Gasteiger partial charge is 0.272 e. The van der Waals surface area contributed by atoms with Crippen molar-refractivity contribution in [2.75, 3.05) is 0 Å².